The largest absolute Gasteiger partial charge is 0.383 e. The van der Waals surface area contributed by atoms with Gasteiger partial charge in [-0.2, -0.15) is 0 Å². The fourth-order valence-corrected chi connectivity index (χ4v) is 2.74. The highest BCUT2D eigenvalue weighted by atomic mass is 16.5. The monoisotopic (exact) mass is 304 g/mol. The van der Waals surface area contributed by atoms with Crippen molar-refractivity contribution in [1.29, 1.82) is 0 Å². The molecule has 1 aliphatic carbocycles. The van der Waals surface area contributed by atoms with E-state index in [4.69, 9.17) is 4.74 Å². The van der Waals surface area contributed by atoms with Gasteiger partial charge < -0.3 is 15.0 Å². The number of methoxy groups -OCH3 is 1. The number of carbonyl (C=O) groups excluding carboxylic acids is 2. The van der Waals surface area contributed by atoms with Gasteiger partial charge in [-0.15, -0.1) is 0 Å². The number of amides is 2. The molecule has 1 fully saturated rings. The van der Waals surface area contributed by atoms with Crippen LogP contribution in [0, 0.1) is 12.8 Å². The van der Waals surface area contributed by atoms with Gasteiger partial charge in [0.15, 0.2) is 0 Å². The molecule has 1 aromatic rings. The molecule has 0 bridgehead atoms. The first-order chi connectivity index (χ1) is 10.5. The molecule has 1 aromatic carbocycles. The molecule has 1 saturated carbocycles. The van der Waals surface area contributed by atoms with Crippen LogP contribution in [0.4, 0.5) is 0 Å². The Morgan fingerprint density at radius 3 is 2.77 bits per heavy atom. The number of benzene rings is 1. The normalized spacial score (nSPS) is 19.6. The van der Waals surface area contributed by atoms with Crippen molar-refractivity contribution in [1.82, 2.24) is 10.2 Å². The van der Waals surface area contributed by atoms with Gasteiger partial charge in [-0.1, -0.05) is 24.3 Å². The van der Waals surface area contributed by atoms with E-state index < -0.39 is 0 Å². The average Bonchev–Trinajstić information content (AvgIpc) is 3.27. The van der Waals surface area contributed by atoms with Gasteiger partial charge >= 0.3 is 0 Å². The zero-order chi connectivity index (χ0) is 16.1. The molecule has 0 aliphatic heterocycles. The number of ether oxygens (including phenoxy) is 1. The maximum Gasteiger partial charge on any atom is 0.239 e. The van der Waals surface area contributed by atoms with Gasteiger partial charge in [0.05, 0.1) is 13.2 Å². The molecule has 0 saturated heterocycles. The lowest BCUT2D eigenvalue weighted by Crippen LogP contribution is -2.40. The Morgan fingerprint density at radius 2 is 2.09 bits per heavy atom. The molecule has 0 radical (unpaired) electrons. The van der Waals surface area contributed by atoms with E-state index in [0.717, 1.165) is 6.42 Å². The number of nitrogens with one attached hydrogen (secondary N) is 1. The number of rotatable bonds is 7. The number of aryl methyl sites for hydroxylation is 1. The van der Waals surface area contributed by atoms with E-state index in [9.17, 15) is 9.59 Å². The summed E-state index contributed by atoms with van der Waals surface area (Å²) in [6.45, 7) is 3.11. The van der Waals surface area contributed by atoms with Crippen molar-refractivity contribution in [2.75, 3.05) is 33.9 Å². The highest BCUT2D eigenvalue weighted by molar-refractivity contribution is 5.87. The molecule has 5 nitrogen and oxygen atoms in total. The lowest BCUT2D eigenvalue weighted by Gasteiger charge is -2.17. The van der Waals surface area contributed by atoms with Crippen LogP contribution in [0.25, 0.3) is 0 Å². The fourth-order valence-electron chi connectivity index (χ4n) is 2.74. The van der Waals surface area contributed by atoms with E-state index in [0.29, 0.717) is 19.1 Å². The minimum Gasteiger partial charge on any atom is -0.383 e. The van der Waals surface area contributed by atoms with Crippen molar-refractivity contribution in [2.24, 2.45) is 5.92 Å². The van der Waals surface area contributed by atoms with Crippen molar-refractivity contribution in [2.45, 2.75) is 19.3 Å². The topological polar surface area (TPSA) is 58.6 Å². The van der Waals surface area contributed by atoms with Gasteiger partial charge in [0.2, 0.25) is 11.8 Å². The van der Waals surface area contributed by atoms with Crippen LogP contribution in [0.1, 0.15) is 23.5 Å². The lowest BCUT2D eigenvalue weighted by atomic mass is 10.0. The minimum absolute atomic E-state index is 0.0119. The Morgan fingerprint density at radius 1 is 1.36 bits per heavy atom. The van der Waals surface area contributed by atoms with Crippen LogP contribution in [0.2, 0.25) is 0 Å². The molecule has 2 atom stereocenters. The quantitative estimate of drug-likeness (QED) is 0.773. The van der Waals surface area contributed by atoms with Crippen LogP contribution in [-0.2, 0) is 14.3 Å². The van der Waals surface area contributed by atoms with Crippen LogP contribution in [-0.4, -0.2) is 50.6 Å². The van der Waals surface area contributed by atoms with E-state index in [2.05, 4.69) is 24.4 Å². The van der Waals surface area contributed by atoms with E-state index >= 15 is 0 Å². The van der Waals surface area contributed by atoms with E-state index in [-0.39, 0.29) is 24.3 Å². The first-order valence-corrected chi connectivity index (χ1v) is 7.60. The minimum atomic E-state index is -0.152. The molecule has 0 heterocycles. The van der Waals surface area contributed by atoms with Crippen LogP contribution in [0.5, 0.6) is 0 Å². The second-order valence-corrected chi connectivity index (χ2v) is 5.84. The molecule has 0 aromatic heterocycles. The highest BCUT2D eigenvalue weighted by Gasteiger charge is 2.45. The molecule has 0 unspecified atom stereocenters. The molecule has 2 rings (SSSR count). The Labute approximate surface area is 131 Å². The van der Waals surface area contributed by atoms with Crippen LogP contribution in [0.3, 0.4) is 0 Å². The molecule has 0 spiro atoms. The highest BCUT2D eigenvalue weighted by Crippen LogP contribution is 2.49. The summed E-state index contributed by atoms with van der Waals surface area (Å²) >= 11 is 0. The van der Waals surface area contributed by atoms with Crippen LogP contribution >= 0.6 is 0 Å². The van der Waals surface area contributed by atoms with Crippen molar-refractivity contribution < 1.29 is 14.3 Å². The summed E-state index contributed by atoms with van der Waals surface area (Å²) in [5.74, 6) is 0.210. The zero-order valence-corrected chi connectivity index (χ0v) is 13.5. The molecule has 1 aliphatic rings. The number of hydrogen-bond acceptors (Lipinski definition) is 3. The molecule has 2 amide bonds. The van der Waals surface area contributed by atoms with E-state index in [1.807, 2.05) is 12.1 Å². The van der Waals surface area contributed by atoms with Gasteiger partial charge in [0.25, 0.3) is 0 Å². The summed E-state index contributed by atoms with van der Waals surface area (Å²) < 4.78 is 4.87. The Kier molecular flexibility index (Phi) is 5.55. The van der Waals surface area contributed by atoms with Gasteiger partial charge in [-0.3, -0.25) is 9.59 Å². The standard InChI is InChI=1S/C17H24N2O3/c1-12-6-4-5-7-13(12)14-10-15(14)17(21)19(2)11-16(20)18-8-9-22-3/h4-7,14-15H,8-11H2,1-3H3,(H,18,20)/t14-,15+/m1/s1. The number of hydrogen-bond donors (Lipinski definition) is 1. The first-order valence-electron chi connectivity index (χ1n) is 7.60. The SMILES string of the molecule is COCCNC(=O)CN(C)C(=O)[C@H]1C[C@@H]1c1ccccc1C. The van der Waals surface area contributed by atoms with Gasteiger partial charge in [-0.05, 0) is 30.4 Å². The number of likely N-dealkylation sites (N-methyl/N-ethyl adjacent to an activating group) is 1. The zero-order valence-electron chi connectivity index (χ0n) is 13.5. The van der Waals surface area contributed by atoms with Crippen molar-refractivity contribution in [3.05, 3.63) is 35.4 Å². The van der Waals surface area contributed by atoms with Crippen molar-refractivity contribution in [3.63, 3.8) is 0 Å². The number of carbonyl (C=O) groups is 2. The summed E-state index contributed by atoms with van der Waals surface area (Å²) in [5, 5.41) is 2.72. The van der Waals surface area contributed by atoms with Gasteiger partial charge in [0.1, 0.15) is 0 Å². The smallest absolute Gasteiger partial charge is 0.239 e. The summed E-state index contributed by atoms with van der Waals surface area (Å²) in [6, 6.07) is 8.18. The third-order valence-corrected chi connectivity index (χ3v) is 4.08. The Bertz CT molecular complexity index is 544. The first kappa shape index (κ1) is 16.5. The molecule has 120 valence electrons. The molecular formula is C17H24N2O3. The Hall–Kier alpha value is -1.88. The lowest BCUT2D eigenvalue weighted by molar-refractivity contribution is -0.135. The molecular weight excluding hydrogens is 280 g/mol. The van der Waals surface area contributed by atoms with Crippen molar-refractivity contribution >= 4 is 11.8 Å². The van der Waals surface area contributed by atoms with Crippen LogP contribution in [0.15, 0.2) is 24.3 Å². The third kappa shape index (κ3) is 4.07. The molecule has 1 N–H and O–H groups in total. The summed E-state index contributed by atoms with van der Waals surface area (Å²) in [5.41, 5.74) is 2.47. The van der Waals surface area contributed by atoms with Gasteiger partial charge in [-0.25, -0.2) is 0 Å². The number of nitrogens with zero attached hydrogens (tertiary/aromatic N) is 1. The second-order valence-electron chi connectivity index (χ2n) is 5.84. The maximum absolute atomic E-state index is 12.4. The predicted molar refractivity (Wildman–Crippen MR) is 84.5 cm³/mol. The summed E-state index contributed by atoms with van der Waals surface area (Å²) in [4.78, 5) is 25.6. The Balaban J connectivity index is 1.83. The second kappa shape index (κ2) is 7.40. The summed E-state index contributed by atoms with van der Waals surface area (Å²) in [7, 11) is 3.27. The van der Waals surface area contributed by atoms with E-state index in [1.54, 1.807) is 14.2 Å². The summed E-state index contributed by atoms with van der Waals surface area (Å²) in [6.07, 6.45) is 0.874. The predicted octanol–water partition coefficient (Wildman–Crippen LogP) is 1.32. The fraction of sp³-hybridized carbons (Fsp3) is 0.529. The van der Waals surface area contributed by atoms with Crippen LogP contribution < -0.4 is 5.32 Å². The molecule has 5 heteroatoms. The average molecular weight is 304 g/mol. The third-order valence-electron chi connectivity index (χ3n) is 4.08. The van der Waals surface area contributed by atoms with E-state index in [1.165, 1.54) is 16.0 Å². The molecule has 22 heavy (non-hydrogen) atoms. The van der Waals surface area contributed by atoms with Crippen molar-refractivity contribution in [3.8, 4) is 0 Å². The van der Waals surface area contributed by atoms with Gasteiger partial charge in [0, 0.05) is 26.6 Å². The maximum atomic E-state index is 12.4.